The van der Waals surface area contributed by atoms with Crippen molar-refractivity contribution in [1.29, 1.82) is 0 Å². The highest BCUT2D eigenvalue weighted by Crippen LogP contribution is 2.16. The van der Waals surface area contributed by atoms with Gasteiger partial charge in [-0.1, -0.05) is 6.92 Å². The van der Waals surface area contributed by atoms with Gasteiger partial charge in [0.05, 0.1) is 18.3 Å². The molecule has 4 N–H and O–H groups in total. The van der Waals surface area contributed by atoms with Crippen molar-refractivity contribution in [1.82, 2.24) is 9.88 Å². The van der Waals surface area contributed by atoms with Crippen LogP contribution in [0.3, 0.4) is 0 Å². The van der Waals surface area contributed by atoms with E-state index in [1.54, 1.807) is 12.3 Å². The molecule has 1 amide bonds. The summed E-state index contributed by atoms with van der Waals surface area (Å²) in [5.74, 6) is -0.198. The third kappa shape index (κ3) is 3.23. The van der Waals surface area contributed by atoms with Crippen molar-refractivity contribution in [2.24, 2.45) is 0 Å². The Morgan fingerprint density at radius 2 is 2.24 bits per heavy atom. The molecule has 0 spiro atoms. The van der Waals surface area contributed by atoms with E-state index in [0.29, 0.717) is 17.8 Å². The first-order valence-electron chi connectivity index (χ1n) is 5.88. The zero-order chi connectivity index (χ0) is 13.0. The molecule has 5 nitrogen and oxygen atoms in total. The number of aliphatic hydroxyl groups is 1. The van der Waals surface area contributed by atoms with Gasteiger partial charge in [0.1, 0.15) is 5.69 Å². The van der Waals surface area contributed by atoms with Crippen LogP contribution in [0, 0.1) is 0 Å². The number of anilines is 1. The van der Waals surface area contributed by atoms with Crippen molar-refractivity contribution in [2.75, 3.05) is 12.3 Å². The molecule has 0 fully saturated rings. The number of carbonyl (C=O) groups excluding carboxylic acids is 1. The molecule has 5 heteroatoms. The number of rotatable bonds is 5. The van der Waals surface area contributed by atoms with Crippen LogP contribution in [0.2, 0.25) is 0 Å². The van der Waals surface area contributed by atoms with Gasteiger partial charge in [-0.2, -0.15) is 0 Å². The Bertz CT molecular complexity index is 381. The van der Waals surface area contributed by atoms with Crippen LogP contribution in [0.1, 0.15) is 43.7 Å². The van der Waals surface area contributed by atoms with Crippen LogP contribution in [0.25, 0.3) is 0 Å². The maximum Gasteiger partial charge on any atom is 0.268 e. The van der Waals surface area contributed by atoms with Crippen LogP contribution in [0.15, 0.2) is 12.3 Å². The van der Waals surface area contributed by atoms with Crippen molar-refractivity contribution in [3.8, 4) is 0 Å². The molecular weight excluding hydrogens is 218 g/mol. The zero-order valence-electron chi connectivity index (χ0n) is 10.6. The lowest BCUT2D eigenvalue weighted by Crippen LogP contribution is -2.38. The third-order valence-corrected chi connectivity index (χ3v) is 2.71. The number of aromatic nitrogens is 1. The second kappa shape index (κ2) is 5.72. The van der Waals surface area contributed by atoms with E-state index in [1.807, 2.05) is 25.3 Å². The number of hydrogen-bond acceptors (Lipinski definition) is 3. The normalized spacial score (nSPS) is 12.8. The van der Waals surface area contributed by atoms with Crippen LogP contribution in [-0.4, -0.2) is 28.2 Å². The summed E-state index contributed by atoms with van der Waals surface area (Å²) in [5.41, 5.74) is 6.80. The Hall–Kier alpha value is -1.49. The van der Waals surface area contributed by atoms with E-state index in [4.69, 9.17) is 10.8 Å². The molecule has 0 saturated heterocycles. The van der Waals surface area contributed by atoms with Gasteiger partial charge in [0.25, 0.3) is 5.91 Å². The molecule has 0 aliphatic heterocycles. The molecule has 0 radical (unpaired) electrons. The summed E-state index contributed by atoms with van der Waals surface area (Å²) in [4.78, 5) is 12.0. The van der Waals surface area contributed by atoms with Gasteiger partial charge in [-0.3, -0.25) is 4.79 Å². The van der Waals surface area contributed by atoms with Crippen LogP contribution < -0.4 is 11.1 Å². The van der Waals surface area contributed by atoms with Crippen LogP contribution >= 0.6 is 0 Å². The van der Waals surface area contributed by atoms with Crippen LogP contribution in [0.5, 0.6) is 0 Å². The number of carbonyl (C=O) groups is 1. The second-order valence-electron chi connectivity index (χ2n) is 4.42. The topological polar surface area (TPSA) is 80.3 Å². The minimum atomic E-state index is -0.209. The summed E-state index contributed by atoms with van der Waals surface area (Å²) >= 11 is 0. The lowest BCUT2D eigenvalue weighted by molar-refractivity contribution is 0.0904. The van der Waals surface area contributed by atoms with E-state index in [2.05, 4.69) is 5.32 Å². The Balaban J connectivity index is 2.88. The fraction of sp³-hybridized carbons (Fsp3) is 0.583. The lowest BCUT2D eigenvalue weighted by atomic mass is 10.2. The van der Waals surface area contributed by atoms with Gasteiger partial charge in [-0.25, -0.2) is 0 Å². The standard InChI is InChI=1S/C12H21N3O2/c1-4-10(7-16)14-12(17)11-5-9(13)6-15(11)8(2)3/h5-6,8,10,16H,4,7,13H2,1-3H3,(H,14,17)/t10-/m1/s1. The minimum absolute atomic E-state index is 0.0554. The van der Waals surface area contributed by atoms with Gasteiger partial charge in [0, 0.05) is 12.2 Å². The summed E-state index contributed by atoms with van der Waals surface area (Å²) < 4.78 is 1.83. The fourth-order valence-corrected chi connectivity index (χ4v) is 1.65. The molecule has 0 unspecified atom stereocenters. The lowest BCUT2D eigenvalue weighted by Gasteiger charge is -2.16. The van der Waals surface area contributed by atoms with Gasteiger partial charge < -0.3 is 20.7 Å². The first-order valence-corrected chi connectivity index (χ1v) is 5.88. The Labute approximate surface area is 102 Å². The summed E-state index contributed by atoms with van der Waals surface area (Å²) in [6.45, 7) is 5.83. The van der Waals surface area contributed by atoms with E-state index < -0.39 is 0 Å². The van der Waals surface area contributed by atoms with E-state index in [1.165, 1.54) is 0 Å². The molecule has 1 heterocycles. The predicted octanol–water partition coefficient (Wildman–Crippen LogP) is 1.15. The maximum absolute atomic E-state index is 12.0. The molecule has 1 atom stereocenters. The quantitative estimate of drug-likeness (QED) is 0.721. The number of nitrogens with zero attached hydrogens (tertiary/aromatic N) is 1. The summed E-state index contributed by atoms with van der Waals surface area (Å²) in [5, 5.41) is 11.8. The number of amides is 1. The smallest absolute Gasteiger partial charge is 0.268 e. The van der Waals surface area contributed by atoms with Crippen molar-refractivity contribution >= 4 is 11.6 Å². The molecule has 0 aliphatic carbocycles. The highest BCUT2D eigenvalue weighted by Gasteiger charge is 2.17. The summed E-state index contributed by atoms with van der Waals surface area (Å²) in [6, 6.07) is 1.61. The van der Waals surface area contributed by atoms with Crippen molar-refractivity contribution < 1.29 is 9.90 Å². The fourth-order valence-electron chi connectivity index (χ4n) is 1.65. The maximum atomic E-state index is 12.0. The third-order valence-electron chi connectivity index (χ3n) is 2.71. The average molecular weight is 239 g/mol. The molecule has 17 heavy (non-hydrogen) atoms. The molecule has 96 valence electrons. The summed E-state index contributed by atoms with van der Waals surface area (Å²) in [6.07, 6.45) is 2.44. The largest absolute Gasteiger partial charge is 0.397 e. The van der Waals surface area contributed by atoms with E-state index in [-0.39, 0.29) is 24.6 Å². The molecule has 0 saturated carbocycles. The van der Waals surface area contributed by atoms with E-state index >= 15 is 0 Å². The Kier molecular flexibility index (Phi) is 4.57. The SMILES string of the molecule is CC[C@H](CO)NC(=O)c1cc(N)cn1C(C)C. The van der Waals surface area contributed by atoms with Crippen molar-refractivity contribution in [2.45, 2.75) is 39.3 Å². The Morgan fingerprint density at radius 1 is 1.59 bits per heavy atom. The van der Waals surface area contributed by atoms with Gasteiger partial charge in [-0.15, -0.1) is 0 Å². The molecule has 0 bridgehead atoms. The number of nitrogens with two attached hydrogens (primary N) is 1. The number of hydrogen-bond donors (Lipinski definition) is 3. The molecular formula is C12H21N3O2. The van der Waals surface area contributed by atoms with Crippen LogP contribution in [-0.2, 0) is 0 Å². The Morgan fingerprint density at radius 3 is 2.71 bits per heavy atom. The highest BCUT2D eigenvalue weighted by atomic mass is 16.3. The summed E-state index contributed by atoms with van der Waals surface area (Å²) in [7, 11) is 0. The van der Waals surface area contributed by atoms with Gasteiger partial charge >= 0.3 is 0 Å². The van der Waals surface area contributed by atoms with E-state index in [0.717, 1.165) is 0 Å². The molecule has 1 aromatic rings. The average Bonchev–Trinajstić information content (AvgIpc) is 2.68. The predicted molar refractivity (Wildman–Crippen MR) is 67.9 cm³/mol. The molecule has 0 aromatic carbocycles. The van der Waals surface area contributed by atoms with Crippen molar-refractivity contribution in [3.63, 3.8) is 0 Å². The van der Waals surface area contributed by atoms with Gasteiger partial charge in [0.15, 0.2) is 0 Å². The highest BCUT2D eigenvalue weighted by molar-refractivity contribution is 5.94. The monoisotopic (exact) mass is 239 g/mol. The number of nitrogens with one attached hydrogen (secondary N) is 1. The van der Waals surface area contributed by atoms with Crippen molar-refractivity contribution in [3.05, 3.63) is 18.0 Å². The molecule has 1 rings (SSSR count). The number of aliphatic hydroxyl groups excluding tert-OH is 1. The second-order valence-corrected chi connectivity index (χ2v) is 4.42. The molecule has 1 aromatic heterocycles. The number of nitrogen functional groups attached to an aromatic ring is 1. The first-order chi connectivity index (χ1) is 7.99. The first kappa shape index (κ1) is 13.6. The van der Waals surface area contributed by atoms with E-state index in [9.17, 15) is 4.79 Å². The van der Waals surface area contributed by atoms with Crippen LogP contribution in [0.4, 0.5) is 5.69 Å². The van der Waals surface area contributed by atoms with Gasteiger partial charge in [0.2, 0.25) is 0 Å². The molecule has 0 aliphatic rings. The zero-order valence-corrected chi connectivity index (χ0v) is 10.6. The minimum Gasteiger partial charge on any atom is -0.397 e. The van der Waals surface area contributed by atoms with Gasteiger partial charge in [-0.05, 0) is 26.3 Å².